The van der Waals surface area contributed by atoms with E-state index in [4.69, 9.17) is 5.73 Å². The van der Waals surface area contributed by atoms with E-state index >= 15 is 0 Å². The molecule has 0 spiro atoms. The molecule has 0 aliphatic carbocycles. The number of aromatic nitrogens is 2. The van der Waals surface area contributed by atoms with Gasteiger partial charge in [-0.3, -0.25) is 15.6 Å². The van der Waals surface area contributed by atoms with Crippen LogP contribution in [0.1, 0.15) is 10.4 Å². The number of hydrogen-bond donors (Lipinski definition) is 4. The van der Waals surface area contributed by atoms with Crippen LogP contribution in [0.3, 0.4) is 0 Å². The second kappa shape index (κ2) is 6.90. The molecular weight excluding hydrogens is 268 g/mol. The molecule has 2 aromatic rings. The van der Waals surface area contributed by atoms with E-state index in [-0.39, 0.29) is 5.91 Å². The maximum atomic E-state index is 11.9. The Labute approximate surface area is 122 Å². The highest BCUT2D eigenvalue weighted by molar-refractivity contribution is 5.95. The number of carbonyl (C=O) groups is 1. The summed E-state index contributed by atoms with van der Waals surface area (Å²) in [6, 6.07) is 8.82. The molecule has 1 heterocycles. The molecular formula is C14H16N6O. The van der Waals surface area contributed by atoms with E-state index in [0.717, 1.165) is 0 Å². The van der Waals surface area contributed by atoms with Crippen molar-refractivity contribution in [2.24, 2.45) is 0 Å². The molecule has 0 aliphatic heterocycles. The summed E-state index contributed by atoms with van der Waals surface area (Å²) in [4.78, 5) is 19.9. The number of nitrogens with two attached hydrogens (primary N) is 1. The summed E-state index contributed by atoms with van der Waals surface area (Å²) >= 11 is 0. The number of rotatable bonds is 6. The van der Waals surface area contributed by atoms with Crippen molar-refractivity contribution in [1.29, 1.82) is 0 Å². The van der Waals surface area contributed by atoms with Crippen molar-refractivity contribution in [2.45, 2.75) is 0 Å². The number of hydrazine groups is 1. The van der Waals surface area contributed by atoms with Gasteiger partial charge in [-0.05, 0) is 12.1 Å². The standard InChI is InChI=1S/C14H16N6O/c1-2-8-16-12-11(15)13(18-9-17-12)19-20-14(21)10-6-4-3-5-7-10/h2-7,9H,1,8,15H2,(H,20,21)(H2,16,17,18,19). The highest BCUT2D eigenvalue weighted by Gasteiger charge is 2.09. The first-order valence-corrected chi connectivity index (χ1v) is 6.29. The molecule has 0 atom stereocenters. The molecule has 1 aromatic carbocycles. The van der Waals surface area contributed by atoms with Gasteiger partial charge in [0, 0.05) is 12.1 Å². The smallest absolute Gasteiger partial charge is 0.269 e. The fourth-order valence-corrected chi connectivity index (χ4v) is 1.58. The molecule has 5 N–H and O–H groups in total. The molecule has 0 unspecified atom stereocenters. The first-order valence-electron chi connectivity index (χ1n) is 6.29. The van der Waals surface area contributed by atoms with Crippen LogP contribution in [0.5, 0.6) is 0 Å². The third-order valence-electron chi connectivity index (χ3n) is 2.63. The van der Waals surface area contributed by atoms with Gasteiger partial charge in [0.2, 0.25) is 0 Å². The lowest BCUT2D eigenvalue weighted by Crippen LogP contribution is -2.30. The van der Waals surface area contributed by atoms with Gasteiger partial charge in [-0.1, -0.05) is 24.3 Å². The Morgan fingerprint density at radius 2 is 1.95 bits per heavy atom. The average molecular weight is 284 g/mol. The van der Waals surface area contributed by atoms with Gasteiger partial charge in [0.05, 0.1) is 0 Å². The fraction of sp³-hybridized carbons (Fsp3) is 0.0714. The molecule has 7 heteroatoms. The molecule has 0 saturated carbocycles. The molecule has 0 aliphatic rings. The highest BCUT2D eigenvalue weighted by Crippen LogP contribution is 2.21. The number of amides is 1. The molecule has 1 aromatic heterocycles. The van der Waals surface area contributed by atoms with Crippen LogP contribution in [0.4, 0.5) is 17.3 Å². The predicted octanol–water partition coefficient (Wildman–Crippen LogP) is 1.41. The first-order chi connectivity index (χ1) is 10.2. The van der Waals surface area contributed by atoms with Gasteiger partial charge in [0.25, 0.3) is 5.91 Å². The Bertz CT molecular complexity index is 629. The monoisotopic (exact) mass is 284 g/mol. The minimum absolute atomic E-state index is 0.283. The number of carbonyl (C=O) groups excluding carboxylic acids is 1. The second-order valence-electron chi connectivity index (χ2n) is 4.10. The molecule has 0 fully saturated rings. The predicted molar refractivity (Wildman–Crippen MR) is 82.7 cm³/mol. The van der Waals surface area contributed by atoms with Gasteiger partial charge in [-0.15, -0.1) is 6.58 Å². The Balaban J connectivity index is 2.03. The molecule has 0 saturated heterocycles. The Hall–Kier alpha value is -3.09. The van der Waals surface area contributed by atoms with Crippen molar-refractivity contribution in [3.8, 4) is 0 Å². The van der Waals surface area contributed by atoms with Crippen LogP contribution in [0.25, 0.3) is 0 Å². The van der Waals surface area contributed by atoms with Crippen molar-refractivity contribution < 1.29 is 4.79 Å². The van der Waals surface area contributed by atoms with Gasteiger partial charge in [-0.2, -0.15) is 0 Å². The summed E-state index contributed by atoms with van der Waals surface area (Å²) in [5.74, 6) is 0.511. The summed E-state index contributed by atoms with van der Waals surface area (Å²) in [5, 5.41) is 2.98. The quantitative estimate of drug-likeness (QED) is 0.472. The van der Waals surface area contributed by atoms with Crippen molar-refractivity contribution in [2.75, 3.05) is 23.0 Å². The molecule has 2 rings (SSSR count). The molecule has 0 radical (unpaired) electrons. The van der Waals surface area contributed by atoms with Crippen molar-refractivity contribution in [3.05, 3.63) is 54.9 Å². The van der Waals surface area contributed by atoms with Crippen molar-refractivity contribution in [1.82, 2.24) is 15.4 Å². The number of nitrogen functional groups attached to an aromatic ring is 1. The van der Waals surface area contributed by atoms with Crippen LogP contribution in [-0.4, -0.2) is 22.4 Å². The lowest BCUT2D eigenvalue weighted by atomic mass is 10.2. The fourth-order valence-electron chi connectivity index (χ4n) is 1.58. The van der Waals surface area contributed by atoms with Gasteiger partial charge >= 0.3 is 0 Å². The molecule has 21 heavy (non-hydrogen) atoms. The van der Waals surface area contributed by atoms with Crippen LogP contribution < -0.4 is 21.9 Å². The van der Waals surface area contributed by atoms with Crippen LogP contribution in [0.15, 0.2) is 49.3 Å². The Morgan fingerprint density at radius 3 is 2.67 bits per heavy atom. The Kier molecular flexibility index (Phi) is 4.70. The summed E-state index contributed by atoms with van der Waals surface area (Å²) in [7, 11) is 0. The van der Waals surface area contributed by atoms with E-state index in [2.05, 4.69) is 32.7 Å². The molecule has 7 nitrogen and oxygen atoms in total. The van der Waals surface area contributed by atoms with E-state index in [1.54, 1.807) is 30.3 Å². The third kappa shape index (κ3) is 3.69. The van der Waals surface area contributed by atoms with E-state index in [9.17, 15) is 4.79 Å². The number of hydrogen-bond acceptors (Lipinski definition) is 6. The summed E-state index contributed by atoms with van der Waals surface area (Å²) in [5.41, 5.74) is 12.0. The zero-order chi connectivity index (χ0) is 15.1. The molecule has 0 bridgehead atoms. The van der Waals surface area contributed by atoms with Crippen LogP contribution in [-0.2, 0) is 0 Å². The summed E-state index contributed by atoms with van der Waals surface area (Å²) in [6.07, 6.45) is 3.03. The Morgan fingerprint density at radius 1 is 1.24 bits per heavy atom. The molecule has 108 valence electrons. The zero-order valence-corrected chi connectivity index (χ0v) is 11.3. The van der Waals surface area contributed by atoms with Gasteiger partial charge in [0.1, 0.15) is 12.0 Å². The first kappa shape index (κ1) is 14.3. The number of benzene rings is 1. The van der Waals surface area contributed by atoms with Gasteiger partial charge in [-0.25, -0.2) is 9.97 Å². The van der Waals surface area contributed by atoms with Crippen LogP contribution in [0.2, 0.25) is 0 Å². The highest BCUT2D eigenvalue weighted by atomic mass is 16.2. The van der Waals surface area contributed by atoms with Gasteiger partial charge in [0.15, 0.2) is 11.6 Å². The zero-order valence-electron chi connectivity index (χ0n) is 11.3. The third-order valence-corrected chi connectivity index (χ3v) is 2.63. The maximum Gasteiger partial charge on any atom is 0.269 e. The second-order valence-corrected chi connectivity index (χ2v) is 4.10. The lowest BCUT2D eigenvalue weighted by molar-refractivity contribution is 0.0962. The molecule has 1 amide bonds. The number of nitrogens with zero attached hydrogens (tertiary/aromatic N) is 2. The SMILES string of the molecule is C=CCNc1ncnc(NNC(=O)c2ccccc2)c1N. The van der Waals surface area contributed by atoms with Crippen molar-refractivity contribution >= 4 is 23.2 Å². The summed E-state index contributed by atoms with van der Waals surface area (Å²) in [6.45, 7) is 4.13. The van der Waals surface area contributed by atoms with Crippen molar-refractivity contribution in [3.63, 3.8) is 0 Å². The summed E-state index contributed by atoms with van der Waals surface area (Å²) < 4.78 is 0. The topological polar surface area (TPSA) is 105 Å². The number of anilines is 3. The van der Waals surface area contributed by atoms with E-state index in [0.29, 0.717) is 29.4 Å². The maximum absolute atomic E-state index is 11.9. The van der Waals surface area contributed by atoms with Crippen LogP contribution >= 0.6 is 0 Å². The average Bonchev–Trinajstić information content (AvgIpc) is 2.53. The normalized spacial score (nSPS) is 9.71. The number of nitrogens with one attached hydrogen (secondary N) is 3. The van der Waals surface area contributed by atoms with E-state index in [1.165, 1.54) is 6.33 Å². The minimum atomic E-state index is -0.283. The largest absolute Gasteiger partial charge is 0.393 e. The van der Waals surface area contributed by atoms with Gasteiger partial charge < -0.3 is 11.1 Å². The lowest BCUT2D eigenvalue weighted by Gasteiger charge is -2.12. The van der Waals surface area contributed by atoms with E-state index in [1.807, 2.05) is 6.07 Å². The van der Waals surface area contributed by atoms with E-state index < -0.39 is 0 Å². The minimum Gasteiger partial charge on any atom is -0.393 e. The van der Waals surface area contributed by atoms with Crippen LogP contribution in [0, 0.1) is 0 Å².